The van der Waals surface area contributed by atoms with Crippen molar-refractivity contribution in [3.8, 4) is 0 Å². The highest BCUT2D eigenvalue weighted by molar-refractivity contribution is 7.89. The number of nitrogens with zero attached hydrogens (tertiary/aromatic N) is 1. The minimum absolute atomic E-state index is 0.0373. The van der Waals surface area contributed by atoms with Crippen LogP contribution in [0.5, 0.6) is 0 Å². The van der Waals surface area contributed by atoms with Crippen molar-refractivity contribution in [3.05, 3.63) is 42.5 Å². The van der Waals surface area contributed by atoms with Gasteiger partial charge in [0.1, 0.15) is 17.7 Å². The van der Waals surface area contributed by atoms with Crippen LogP contribution in [0.4, 0.5) is 0 Å². The number of hydrogen-bond donors (Lipinski definition) is 1. The monoisotopic (exact) mass is 319 g/mol. The van der Waals surface area contributed by atoms with Crippen LogP contribution in [-0.2, 0) is 14.8 Å². The van der Waals surface area contributed by atoms with Gasteiger partial charge in [0.2, 0.25) is 10.0 Å². The molecule has 1 heterocycles. The number of benzene rings is 2. The fraction of sp³-hybridized carbons (Fsp3) is 0.133. The van der Waals surface area contributed by atoms with Crippen LogP contribution in [0.25, 0.3) is 21.9 Å². The molecule has 114 valence electrons. The third-order valence-corrected chi connectivity index (χ3v) is 5.21. The SMILES string of the molecule is CN(CC(=O)O)S(=O)(=O)c1ccc2oc3ccccc3c2c1. The number of aliphatic carboxylic acids is 1. The molecule has 3 aromatic rings. The molecular formula is C15H13NO5S. The molecule has 0 amide bonds. The highest BCUT2D eigenvalue weighted by Crippen LogP contribution is 2.30. The van der Waals surface area contributed by atoms with E-state index in [0.717, 1.165) is 9.69 Å². The van der Waals surface area contributed by atoms with Gasteiger partial charge < -0.3 is 9.52 Å². The van der Waals surface area contributed by atoms with Crippen molar-refractivity contribution >= 4 is 37.9 Å². The molecule has 0 aliphatic rings. The number of fused-ring (bicyclic) bond motifs is 3. The minimum Gasteiger partial charge on any atom is -0.480 e. The van der Waals surface area contributed by atoms with Gasteiger partial charge in [-0.15, -0.1) is 0 Å². The van der Waals surface area contributed by atoms with Gasteiger partial charge in [-0.2, -0.15) is 4.31 Å². The van der Waals surface area contributed by atoms with Gasteiger partial charge >= 0.3 is 5.97 Å². The van der Waals surface area contributed by atoms with Gasteiger partial charge in [-0.05, 0) is 24.3 Å². The molecule has 0 saturated carbocycles. The number of sulfonamides is 1. The van der Waals surface area contributed by atoms with Crippen LogP contribution >= 0.6 is 0 Å². The third kappa shape index (κ3) is 2.34. The van der Waals surface area contributed by atoms with E-state index in [9.17, 15) is 13.2 Å². The third-order valence-electron chi connectivity index (χ3n) is 3.41. The molecule has 7 heteroatoms. The van der Waals surface area contributed by atoms with Gasteiger partial charge in [0.25, 0.3) is 0 Å². The van der Waals surface area contributed by atoms with E-state index in [0.29, 0.717) is 16.6 Å². The van der Waals surface area contributed by atoms with Gasteiger partial charge in [-0.3, -0.25) is 4.79 Å². The van der Waals surface area contributed by atoms with E-state index in [4.69, 9.17) is 9.52 Å². The van der Waals surface area contributed by atoms with Crippen molar-refractivity contribution in [3.63, 3.8) is 0 Å². The van der Waals surface area contributed by atoms with Crippen LogP contribution < -0.4 is 0 Å². The van der Waals surface area contributed by atoms with E-state index in [2.05, 4.69) is 0 Å². The molecule has 0 saturated heterocycles. The average molecular weight is 319 g/mol. The second kappa shape index (κ2) is 5.11. The Morgan fingerprint density at radius 1 is 1.14 bits per heavy atom. The summed E-state index contributed by atoms with van der Waals surface area (Å²) in [6.45, 7) is -0.591. The molecule has 0 aliphatic carbocycles. The quantitative estimate of drug-likeness (QED) is 0.797. The summed E-state index contributed by atoms with van der Waals surface area (Å²) < 4.78 is 31.2. The van der Waals surface area contributed by atoms with E-state index in [-0.39, 0.29) is 4.90 Å². The zero-order valence-corrected chi connectivity index (χ0v) is 12.5. The predicted octanol–water partition coefficient (Wildman–Crippen LogP) is 2.29. The molecule has 0 unspecified atom stereocenters. The first-order valence-electron chi connectivity index (χ1n) is 6.49. The molecule has 0 bridgehead atoms. The van der Waals surface area contributed by atoms with E-state index < -0.39 is 22.5 Å². The fourth-order valence-corrected chi connectivity index (χ4v) is 3.47. The Hall–Kier alpha value is -2.38. The predicted molar refractivity (Wildman–Crippen MR) is 81.2 cm³/mol. The number of rotatable bonds is 4. The molecule has 0 aliphatic heterocycles. The standard InChI is InChI=1S/C15H13NO5S/c1-16(9-15(17)18)22(19,20)10-6-7-14-12(8-10)11-4-2-3-5-13(11)21-14/h2-8H,9H2,1H3,(H,17,18). The zero-order valence-electron chi connectivity index (χ0n) is 11.7. The highest BCUT2D eigenvalue weighted by Gasteiger charge is 2.23. The number of carboxylic acid groups (broad SMARTS) is 1. The van der Waals surface area contributed by atoms with Gasteiger partial charge in [-0.1, -0.05) is 18.2 Å². The molecule has 0 atom stereocenters. The summed E-state index contributed by atoms with van der Waals surface area (Å²) in [5.74, 6) is -1.21. The molecule has 0 radical (unpaired) electrons. The van der Waals surface area contributed by atoms with E-state index >= 15 is 0 Å². The Labute approximate surface area is 126 Å². The Morgan fingerprint density at radius 2 is 1.82 bits per heavy atom. The summed E-state index contributed by atoms with van der Waals surface area (Å²) in [7, 11) is -2.62. The molecule has 6 nitrogen and oxygen atoms in total. The molecule has 1 N–H and O–H groups in total. The Bertz CT molecular complexity index is 974. The van der Waals surface area contributed by atoms with Crippen molar-refractivity contribution in [2.24, 2.45) is 0 Å². The van der Waals surface area contributed by atoms with Crippen LogP contribution in [0.15, 0.2) is 51.8 Å². The van der Waals surface area contributed by atoms with E-state index in [1.165, 1.54) is 19.2 Å². The zero-order chi connectivity index (χ0) is 15.9. The van der Waals surface area contributed by atoms with Crippen LogP contribution in [0.3, 0.4) is 0 Å². The summed E-state index contributed by atoms with van der Waals surface area (Å²) in [5, 5.41) is 10.2. The molecule has 3 rings (SSSR count). The van der Waals surface area contributed by atoms with Crippen molar-refractivity contribution < 1.29 is 22.7 Å². The van der Waals surface area contributed by atoms with Crippen molar-refractivity contribution in [1.82, 2.24) is 4.31 Å². The summed E-state index contributed by atoms with van der Waals surface area (Å²) in [5.41, 5.74) is 1.26. The van der Waals surface area contributed by atoms with Crippen LogP contribution in [-0.4, -0.2) is 37.4 Å². The first-order valence-corrected chi connectivity index (χ1v) is 7.93. The van der Waals surface area contributed by atoms with Crippen molar-refractivity contribution in [2.45, 2.75) is 4.90 Å². The van der Waals surface area contributed by atoms with Crippen LogP contribution in [0.2, 0.25) is 0 Å². The lowest BCUT2D eigenvalue weighted by atomic mass is 10.1. The smallest absolute Gasteiger partial charge is 0.318 e. The van der Waals surface area contributed by atoms with Crippen LogP contribution in [0.1, 0.15) is 0 Å². The summed E-state index contributed by atoms with van der Waals surface area (Å²) in [4.78, 5) is 10.7. The van der Waals surface area contributed by atoms with Crippen molar-refractivity contribution in [2.75, 3.05) is 13.6 Å². The minimum atomic E-state index is -3.86. The Morgan fingerprint density at radius 3 is 2.55 bits per heavy atom. The molecule has 0 fully saturated rings. The lowest BCUT2D eigenvalue weighted by molar-refractivity contribution is -0.137. The number of hydrogen-bond acceptors (Lipinski definition) is 4. The maximum absolute atomic E-state index is 12.4. The summed E-state index contributed by atoms with van der Waals surface area (Å²) >= 11 is 0. The maximum Gasteiger partial charge on any atom is 0.318 e. The van der Waals surface area contributed by atoms with Gasteiger partial charge in [-0.25, -0.2) is 8.42 Å². The van der Waals surface area contributed by atoms with Crippen molar-refractivity contribution in [1.29, 1.82) is 0 Å². The second-order valence-electron chi connectivity index (χ2n) is 4.91. The number of furan rings is 1. The largest absolute Gasteiger partial charge is 0.480 e. The molecule has 0 spiro atoms. The van der Waals surface area contributed by atoms with Gasteiger partial charge in [0.15, 0.2) is 0 Å². The summed E-state index contributed by atoms with van der Waals surface area (Å²) in [6.07, 6.45) is 0. The fourth-order valence-electron chi connectivity index (χ4n) is 2.32. The molecule has 1 aromatic heterocycles. The van der Waals surface area contributed by atoms with Crippen LogP contribution in [0, 0.1) is 0 Å². The lowest BCUT2D eigenvalue weighted by Gasteiger charge is -2.14. The lowest BCUT2D eigenvalue weighted by Crippen LogP contribution is -2.31. The summed E-state index contributed by atoms with van der Waals surface area (Å²) in [6, 6.07) is 11.8. The highest BCUT2D eigenvalue weighted by atomic mass is 32.2. The first-order chi connectivity index (χ1) is 10.4. The van der Waals surface area contributed by atoms with E-state index in [1.54, 1.807) is 12.1 Å². The Kier molecular flexibility index (Phi) is 3.38. The Balaban J connectivity index is 2.15. The number of likely N-dealkylation sites (N-methyl/N-ethyl adjacent to an activating group) is 1. The molecule has 2 aromatic carbocycles. The maximum atomic E-state index is 12.4. The van der Waals surface area contributed by atoms with E-state index in [1.807, 2.05) is 18.2 Å². The first kappa shape index (κ1) is 14.6. The second-order valence-corrected chi connectivity index (χ2v) is 6.96. The number of para-hydroxylation sites is 1. The van der Waals surface area contributed by atoms with Gasteiger partial charge in [0.05, 0.1) is 4.90 Å². The molecular weight excluding hydrogens is 306 g/mol. The normalized spacial score (nSPS) is 12.3. The molecule has 22 heavy (non-hydrogen) atoms. The number of carbonyl (C=O) groups is 1. The number of carboxylic acids is 1. The average Bonchev–Trinajstić information content (AvgIpc) is 2.84. The van der Waals surface area contributed by atoms with Gasteiger partial charge in [0, 0.05) is 17.8 Å². The topological polar surface area (TPSA) is 87.8 Å².